The van der Waals surface area contributed by atoms with Crippen LogP contribution in [0.25, 0.3) is 11.3 Å². The standard InChI is InChI=1S/C36H43ClF2N10O2/c1-33(2,3)19-36(35(5)12-10-21(11-13-35)25-17-43-49(46-25)23-7-8-23)31(51)47(32(40)45-36)27(18-41-30(50)34(4)14-15-34)22-6-9-24(37)26(16-22)48-29(28(38)39)42-20-44-48/h6,9-12,16-17,20,23,27-28H,7-8,13-15,18-19H2,1-5H3,(H2,40,45)(H,41,50)/t27-,35?,36+/m1/s1. The van der Waals surface area contributed by atoms with Gasteiger partial charge in [0.25, 0.3) is 12.3 Å². The predicted octanol–water partition coefficient (Wildman–Crippen LogP) is 6.12. The van der Waals surface area contributed by atoms with Crippen molar-refractivity contribution < 1.29 is 18.4 Å². The van der Waals surface area contributed by atoms with Gasteiger partial charge in [-0.15, -0.1) is 0 Å². The molecule has 2 saturated carbocycles. The molecule has 51 heavy (non-hydrogen) atoms. The number of aliphatic imine (C=N–C) groups is 1. The van der Waals surface area contributed by atoms with E-state index >= 15 is 4.79 Å². The minimum absolute atomic E-state index is 0.00318. The zero-order valence-electron chi connectivity index (χ0n) is 29.4. The number of carbonyl (C=O) groups is 2. The fourth-order valence-electron chi connectivity index (χ4n) is 7.14. The van der Waals surface area contributed by atoms with Crippen LogP contribution in [0.15, 0.2) is 53.9 Å². The third-order valence-electron chi connectivity index (χ3n) is 10.6. The Labute approximate surface area is 300 Å². The van der Waals surface area contributed by atoms with Gasteiger partial charge < -0.3 is 11.1 Å². The van der Waals surface area contributed by atoms with Gasteiger partial charge in [0.2, 0.25) is 5.91 Å². The number of allylic oxidation sites excluding steroid dienone is 3. The van der Waals surface area contributed by atoms with E-state index < -0.39 is 34.7 Å². The van der Waals surface area contributed by atoms with Crippen LogP contribution >= 0.6 is 11.6 Å². The van der Waals surface area contributed by atoms with Crippen LogP contribution < -0.4 is 11.1 Å². The Morgan fingerprint density at radius 1 is 1.18 bits per heavy atom. The molecule has 3 N–H and O–H groups in total. The molecular formula is C36H43ClF2N10O2. The Hall–Kier alpha value is -4.46. The minimum atomic E-state index is -2.91. The van der Waals surface area contributed by atoms with Gasteiger partial charge in [0.05, 0.1) is 29.0 Å². The fourth-order valence-corrected chi connectivity index (χ4v) is 7.33. The van der Waals surface area contributed by atoms with Crippen LogP contribution in [0, 0.1) is 16.2 Å². The maximum Gasteiger partial charge on any atom is 0.297 e. The van der Waals surface area contributed by atoms with Crippen LogP contribution in [-0.4, -0.2) is 64.5 Å². The number of nitrogens with zero attached hydrogens (tertiary/aromatic N) is 8. The van der Waals surface area contributed by atoms with E-state index in [4.69, 9.17) is 22.3 Å². The molecule has 4 aliphatic rings. The summed E-state index contributed by atoms with van der Waals surface area (Å²) < 4.78 is 28.7. The van der Waals surface area contributed by atoms with Crippen molar-refractivity contribution in [2.75, 3.05) is 6.54 Å². The highest BCUT2D eigenvalue weighted by molar-refractivity contribution is 6.32. The molecule has 0 spiro atoms. The molecule has 3 aliphatic carbocycles. The minimum Gasteiger partial charge on any atom is -0.369 e. The average Bonchev–Trinajstić information content (AvgIpc) is 3.92. The van der Waals surface area contributed by atoms with Crippen molar-refractivity contribution in [1.82, 2.24) is 40.0 Å². The third kappa shape index (κ3) is 6.36. The van der Waals surface area contributed by atoms with E-state index in [1.165, 1.54) is 4.90 Å². The molecule has 3 atom stereocenters. The number of nitrogens with one attached hydrogen (secondary N) is 1. The average molecular weight is 721 g/mol. The summed E-state index contributed by atoms with van der Waals surface area (Å²) in [7, 11) is 0. The van der Waals surface area contributed by atoms with E-state index in [1.807, 2.05) is 26.0 Å². The first-order valence-corrected chi connectivity index (χ1v) is 17.7. The first-order valence-electron chi connectivity index (χ1n) is 17.3. The van der Waals surface area contributed by atoms with Gasteiger partial charge >= 0.3 is 0 Å². The lowest BCUT2D eigenvalue weighted by atomic mass is 9.61. The highest BCUT2D eigenvalue weighted by Crippen LogP contribution is 2.53. The monoisotopic (exact) mass is 720 g/mol. The van der Waals surface area contributed by atoms with E-state index in [2.05, 4.69) is 52.4 Å². The van der Waals surface area contributed by atoms with E-state index in [0.29, 0.717) is 24.4 Å². The second kappa shape index (κ2) is 12.3. The van der Waals surface area contributed by atoms with Crippen molar-refractivity contribution in [3.63, 3.8) is 0 Å². The van der Waals surface area contributed by atoms with Crippen LogP contribution in [0.4, 0.5) is 8.78 Å². The zero-order chi connectivity index (χ0) is 36.5. The van der Waals surface area contributed by atoms with Crippen LogP contribution in [0.3, 0.4) is 0 Å². The van der Waals surface area contributed by atoms with Gasteiger partial charge in [0, 0.05) is 17.4 Å². The smallest absolute Gasteiger partial charge is 0.297 e. The van der Waals surface area contributed by atoms with Crippen LogP contribution in [0.1, 0.15) is 109 Å². The van der Waals surface area contributed by atoms with Gasteiger partial charge in [0.1, 0.15) is 12.0 Å². The molecule has 2 aromatic heterocycles. The summed E-state index contributed by atoms with van der Waals surface area (Å²) in [5.74, 6) is -1.04. The number of guanidine groups is 1. The van der Waals surface area contributed by atoms with Gasteiger partial charge in [-0.1, -0.05) is 70.5 Å². The molecule has 7 rings (SSSR count). The summed E-state index contributed by atoms with van der Waals surface area (Å²) >= 11 is 6.54. The highest BCUT2D eigenvalue weighted by atomic mass is 35.5. The number of aromatic nitrogens is 6. The molecule has 2 fully saturated rings. The van der Waals surface area contributed by atoms with Gasteiger partial charge in [-0.3, -0.25) is 14.5 Å². The second-order valence-electron chi connectivity index (χ2n) is 16.0. The Bertz CT molecular complexity index is 1970. The largest absolute Gasteiger partial charge is 0.369 e. The summed E-state index contributed by atoms with van der Waals surface area (Å²) in [6.45, 7) is 10.1. The Kier molecular flexibility index (Phi) is 8.46. The number of nitrogens with two attached hydrogens (primary N) is 1. The molecule has 1 unspecified atom stereocenters. The molecule has 0 saturated heterocycles. The third-order valence-corrected chi connectivity index (χ3v) is 10.9. The molecule has 12 nitrogen and oxygen atoms in total. The summed E-state index contributed by atoms with van der Waals surface area (Å²) in [6.07, 6.45) is 10.5. The summed E-state index contributed by atoms with van der Waals surface area (Å²) in [5.41, 5.74) is 6.18. The molecule has 3 heterocycles. The number of benzene rings is 1. The zero-order valence-corrected chi connectivity index (χ0v) is 30.2. The molecule has 3 aromatic rings. The summed E-state index contributed by atoms with van der Waals surface area (Å²) in [6, 6.07) is 4.32. The molecule has 0 radical (unpaired) electrons. The maximum absolute atomic E-state index is 15.2. The van der Waals surface area contributed by atoms with E-state index in [9.17, 15) is 13.6 Å². The number of halogens is 3. The lowest BCUT2D eigenvalue weighted by Gasteiger charge is -2.45. The van der Waals surface area contributed by atoms with Crippen LogP contribution in [-0.2, 0) is 9.59 Å². The molecule has 0 bridgehead atoms. The number of hydrogen-bond donors (Lipinski definition) is 2. The number of hydrogen-bond acceptors (Lipinski definition) is 8. The summed E-state index contributed by atoms with van der Waals surface area (Å²) in [5, 5.41) is 16.3. The summed E-state index contributed by atoms with van der Waals surface area (Å²) in [4.78, 5) is 40.5. The molecule has 270 valence electrons. The Morgan fingerprint density at radius 3 is 2.55 bits per heavy atom. The molecule has 1 aliphatic heterocycles. The van der Waals surface area contributed by atoms with Crippen molar-refractivity contribution in [2.45, 2.75) is 97.2 Å². The number of rotatable bonds is 11. The first kappa shape index (κ1) is 35.0. The van der Waals surface area contributed by atoms with Crippen molar-refractivity contribution in [1.29, 1.82) is 0 Å². The van der Waals surface area contributed by atoms with Gasteiger partial charge in [-0.05, 0) is 67.2 Å². The van der Waals surface area contributed by atoms with Gasteiger partial charge in [-0.2, -0.15) is 20.1 Å². The van der Waals surface area contributed by atoms with Crippen molar-refractivity contribution in [2.24, 2.45) is 27.0 Å². The van der Waals surface area contributed by atoms with Crippen molar-refractivity contribution in [3.8, 4) is 5.69 Å². The Balaban J connectivity index is 1.27. The molecule has 1 aromatic carbocycles. The SMILES string of the molecule is CC(C)(C)C[C@]1(C2(C)C=CC(c3cnn(C4CC4)n3)=CC2)N=C(N)N([C@H](CNC(=O)C2(C)CC2)c2ccc(Cl)c(-n3ncnc3C(F)F)c2)C1=O. The highest BCUT2D eigenvalue weighted by Gasteiger charge is 2.60. The van der Waals surface area contributed by atoms with E-state index in [0.717, 1.165) is 48.0 Å². The van der Waals surface area contributed by atoms with E-state index in [1.54, 1.807) is 29.2 Å². The van der Waals surface area contributed by atoms with E-state index in [-0.39, 0.29) is 40.4 Å². The number of carbonyl (C=O) groups excluding carboxylic acids is 2. The van der Waals surface area contributed by atoms with Gasteiger partial charge in [-0.25, -0.2) is 23.4 Å². The van der Waals surface area contributed by atoms with Gasteiger partial charge in [0.15, 0.2) is 17.3 Å². The maximum atomic E-state index is 15.2. The first-order chi connectivity index (χ1) is 24.0. The number of amides is 2. The lowest BCUT2D eigenvalue weighted by Crippen LogP contribution is -2.56. The predicted molar refractivity (Wildman–Crippen MR) is 188 cm³/mol. The lowest BCUT2D eigenvalue weighted by molar-refractivity contribution is -0.138. The van der Waals surface area contributed by atoms with Crippen molar-refractivity contribution in [3.05, 3.63) is 71.1 Å². The normalized spacial score (nSPS) is 24.9. The number of alkyl halides is 2. The molecule has 15 heteroatoms. The fraction of sp³-hybridized carbons (Fsp3) is 0.528. The molecule has 2 amide bonds. The topological polar surface area (TPSA) is 149 Å². The van der Waals surface area contributed by atoms with Crippen LogP contribution in [0.5, 0.6) is 0 Å². The second-order valence-corrected chi connectivity index (χ2v) is 16.4. The van der Waals surface area contributed by atoms with Crippen molar-refractivity contribution >= 4 is 34.9 Å². The quantitative estimate of drug-likeness (QED) is 0.242. The Morgan fingerprint density at radius 2 is 1.92 bits per heavy atom. The van der Waals surface area contributed by atoms with Crippen LogP contribution in [0.2, 0.25) is 5.02 Å². The molecular weight excluding hydrogens is 678 g/mol.